The molecule has 1 aromatic rings. The summed E-state index contributed by atoms with van der Waals surface area (Å²) in [6.45, 7) is 7.01. The first-order valence-corrected chi connectivity index (χ1v) is 8.88. The molecule has 4 rings (SSSR count). The summed E-state index contributed by atoms with van der Waals surface area (Å²) < 4.78 is 10.5. The number of fused-ring (bicyclic) bond motifs is 3. The van der Waals surface area contributed by atoms with Gasteiger partial charge in [-0.05, 0) is 5.92 Å². The molecular formula is C19H28N3O3+. The molecule has 3 saturated heterocycles. The summed E-state index contributed by atoms with van der Waals surface area (Å²) >= 11 is 0. The van der Waals surface area contributed by atoms with Crippen LogP contribution in [0.3, 0.4) is 0 Å². The minimum atomic E-state index is -0.197. The highest BCUT2D eigenvalue weighted by molar-refractivity contribution is 5.89. The maximum Gasteiger partial charge on any atom is 0.319 e. The van der Waals surface area contributed by atoms with Gasteiger partial charge < -0.3 is 25.0 Å². The van der Waals surface area contributed by atoms with Crippen LogP contribution in [-0.4, -0.2) is 45.9 Å². The number of nitrogens with one attached hydrogen (secondary N) is 3. The fourth-order valence-corrected chi connectivity index (χ4v) is 4.13. The van der Waals surface area contributed by atoms with Crippen molar-refractivity contribution in [1.82, 2.24) is 5.32 Å². The molecule has 6 nitrogen and oxygen atoms in total. The van der Waals surface area contributed by atoms with Crippen molar-refractivity contribution in [2.45, 2.75) is 18.9 Å². The number of benzene rings is 1. The molecule has 0 spiro atoms. The molecule has 3 aliphatic rings. The van der Waals surface area contributed by atoms with E-state index in [4.69, 9.17) is 9.47 Å². The average molecular weight is 346 g/mol. The van der Waals surface area contributed by atoms with E-state index in [1.165, 1.54) is 19.4 Å². The SMILES string of the molecule is C=C[C@H]1C[NH+]2CC[C@H]1C[C@@H]2CNC(=O)Nc1cc(OC)cc(OC)c1. The number of piperidine rings is 3. The number of urea groups is 1. The van der Waals surface area contributed by atoms with Gasteiger partial charge in [0.1, 0.15) is 17.5 Å². The van der Waals surface area contributed by atoms with Crippen LogP contribution in [0.25, 0.3) is 0 Å². The third kappa shape index (κ3) is 4.07. The topological polar surface area (TPSA) is 64.0 Å². The molecule has 1 unspecified atom stereocenters. The molecule has 1 aromatic carbocycles. The van der Waals surface area contributed by atoms with E-state index < -0.39 is 0 Å². The monoisotopic (exact) mass is 346 g/mol. The summed E-state index contributed by atoms with van der Waals surface area (Å²) in [5.74, 6) is 2.65. The average Bonchev–Trinajstić information content (AvgIpc) is 2.66. The van der Waals surface area contributed by atoms with Gasteiger partial charge in [0.15, 0.2) is 0 Å². The molecule has 0 radical (unpaired) electrons. The normalized spacial score (nSPS) is 27.4. The smallest absolute Gasteiger partial charge is 0.319 e. The lowest BCUT2D eigenvalue weighted by atomic mass is 9.75. The van der Waals surface area contributed by atoms with Crippen LogP contribution in [0.4, 0.5) is 10.5 Å². The number of carbonyl (C=O) groups excluding carboxylic acids is 1. The van der Waals surface area contributed by atoms with Gasteiger partial charge in [0.2, 0.25) is 0 Å². The quantitative estimate of drug-likeness (QED) is 0.681. The summed E-state index contributed by atoms with van der Waals surface area (Å²) in [4.78, 5) is 13.8. The van der Waals surface area contributed by atoms with Gasteiger partial charge in [-0.25, -0.2) is 4.79 Å². The van der Waals surface area contributed by atoms with Crippen LogP contribution >= 0.6 is 0 Å². The van der Waals surface area contributed by atoms with Gasteiger partial charge in [-0.2, -0.15) is 0 Å². The van der Waals surface area contributed by atoms with Crippen molar-refractivity contribution in [3.63, 3.8) is 0 Å². The number of methoxy groups -OCH3 is 2. The fourth-order valence-electron chi connectivity index (χ4n) is 4.13. The number of carbonyl (C=O) groups is 1. The molecule has 0 aliphatic carbocycles. The van der Waals surface area contributed by atoms with Crippen LogP contribution in [0.2, 0.25) is 0 Å². The number of anilines is 1. The summed E-state index contributed by atoms with van der Waals surface area (Å²) in [7, 11) is 3.18. The predicted octanol–water partition coefficient (Wildman–Crippen LogP) is 1.30. The van der Waals surface area contributed by atoms with Crippen molar-refractivity contribution in [2.24, 2.45) is 11.8 Å². The van der Waals surface area contributed by atoms with Crippen LogP contribution in [0.15, 0.2) is 30.9 Å². The van der Waals surface area contributed by atoms with Crippen LogP contribution in [0, 0.1) is 11.8 Å². The third-order valence-electron chi connectivity index (χ3n) is 5.53. The Morgan fingerprint density at radius 3 is 2.60 bits per heavy atom. The number of rotatable bonds is 6. The molecule has 2 bridgehead atoms. The minimum Gasteiger partial charge on any atom is -0.497 e. The van der Waals surface area contributed by atoms with Crippen LogP contribution < -0.4 is 25.0 Å². The highest BCUT2D eigenvalue weighted by atomic mass is 16.5. The van der Waals surface area contributed by atoms with E-state index in [2.05, 4.69) is 23.3 Å². The number of amides is 2. The van der Waals surface area contributed by atoms with Crippen molar-refractivity contribution in [3.8, 4) is 11.5 Å². The lowest BCUT2D eigenvalue weighted by Crippen LogP contribution is -3.20. The molecular weight excluding hydrogens is 318 g/mol. The van der Waals surface area contributed by atoms with Crippen molar-refractivity contribution < 1.29 is 19.2 Å². The Morgan fingerprint density at radius 1 is 1.32 bits per heavy atom. The van der Waals surface area contributed by atoms with Gasteiger partial charge in [0.05, 0.1) is 33.9 Å². The van der Waals surface area contributed by atoms with E-state index in [-0.39, 0.29) is 6.03 Å². The van der Waals surface area contributed by atoms with E-state index >= 15 is 0 Å². The van der Waals surface area contributed by atoms with E-state index in [1.807, 2.05) is 0 Å². The summed E-state index contributed by atoms with van der Waals surface area (Å²) in [6.07, 6.45) is 4.55. The molecule has 0 aromatic heterocycles. The van der Waals surface area contributed by atoms with Crippen LogP contribution in [0.5, 0.6) is 11.5 Å². The predicted molar refractivity (Wildman–Crippen MR) is 97.5 cm³/mol. The lowest BCUT2D eigenvalue weighted by molar-refractivity contribution is -0.944. The van der Waals surface area contributed by atoms with E-state index in [1.54, 1.807) is 37.3 Å². The molecule has 0 saturated carbocycles. The molecule has 4 atom stereocenters. The Kier molecular flexibility index (Phi) is 5.48. The standard InChI is InChI=1S/C19H27N3O3/c1-4-13-12-22-6-5-14(13)7-16(22)11-20-19(23)21-15-8-17(24-2)10-18(9-15)25-3/h4,8-10,13-14,16H,1,5-7,11-12H2,2-3H3,(H2,20,21,23)/p+1/t13-,14-,16+/m0/s1. The number of quaternary nitrogens is 1. The van der Waals surface area contributed by atoms with E-state index in [0.717, 1.165) is 12.5 Å². The zero-order valence-electron chi connectivity index (χ0n) is 15.0. The van der Waals surface area contributed by atoms with Gasteiger partial charge in [0, 0.05) is 42.6 Å². The highest BCUT2D eigenvalue weighted by Crippen LogP contribution is 2.27. The Morgan fingerprint density at radius 2 is 2.04 bits per heavy atom. The molecule has 136 valence electrons. The second-order valence-electron chi connectivity index (χ2n) is 6.93. The third-order valence-corrected chi connectivity index (χ3v) is 5.53. The largest absolute Gasteiger partial charge is 0.497 e. The van der Waals surface area contributed by atoms with Crippen molar-refractivity contribution in [1.29, 1.82) is 0 Å². The molecule has 3 fully saturated rings. The van der Waals surface area contributed by atoms with Crippen molar-refractivity contribution >= 4 is 11.7 Å². The first-order valence-electron chi connectivity index (χ1n) is 8.88. The highest BCUT2D eigenvalue weighted by Gasteiger charge is 2.42. The fraction of sp³-hybridized carbons (Fsp3) is 0.526. The molecule has 3 heterocycles. The Hall–Kier alpha value is -2.21. The maximum absolute atomic E-state index is 12.3. The second kappa shape index (κ2) is 7.78. The van der Waals surface area contributed by atoms with E-state index in [0.29, 0.717) is 35.7 Å². The zero-order valence-corrected chi connectivity index (χ0v) is 15.0. The minimum absolute atomic E-state index is 0.197. The Balaban J connectivity index is 1.53. The first-order chi connectivity index (χ1) is 12.1. The van der Waals surface area contributed by atoms with Gasteiger partial charge in [-0.15, -0.1) is 6.58 Å². The molecule has 2 amide bonds. The second-order valence-corrected chi connectivity index (χ2v) is 6.93. The van der Waals surface area contributed by atoms with Crippen LogP contribution in [-0.2, 0) is 0 Å². The molecule has 25 heavy (non-hydrogen) atoms. The van der Waals surface area contributed by atoms with Gasteiger partial charge in [-0.1, -0.05) is 6.08 Å². The summed E-state index contributed by atoms with van der Waals surface area (Å²) in [6, 6.07) is 5.62. The summed E-state index contributed by atoms with van der Waals surface area (Å²) in [5.41, 5.74) is 0.651. The van der Waals surface area contributed by atoms with Gasteiger partial charge >= 0.3 is 6.03 Å². The van der Waals surface area contributed by atoms with Gasteiger partial charge in [0.25, 0.3) is 0 Å². The lowest BCUT2D eigenvalue weighted by Gasteiger charge is -2.46. The Labute approximate surface area is 149 Å². The van der Waals surface area contributed by atoms with Crippen molar-refractivity contribution in [3.05, 3.63) is 30.9 Å². The summed E-state index contributed by atoms with van der Waals surface area (Å²) in [5, 5.41) is 5.87. The number of hydrogen-bond donors (Lipinski definition) is 3. The Bertz CT molecular complexity index is 612. The zero-order chi connectivity index (χ0) is 17.8. The van der Waals surface area contributed by atoms with E-state index in [9.17, 15) is 4.79 Å². The van der Waals surface area contributed by atoms with Crippen LogP contribution in [0.1, 0.15) is 12.8 Å². The maximum atomic E-state index is 12.3. The molecule has 6 heteroatoms. The first kappa shape index (κ1) is 17.6. The molecule has 3 aliphatic heterocycles. The van der Waals surface area contributed by atoms with Crippen molar-refractivity contribution in [2.75, 3.05) is 39.2 Å². The number of hydrogen-bond acceptors (Lipinski definition) is 3. The number of ether oxygens (including phenoxy) is 2. The molecule has 3 N–H and O–H groups in total. The van der Waals surface area contributed by atoms with Gasteiger partial charge in [-0.3, -0.25) is 0 Å².